The molecule has 0 aromatic heterocycles. The van der Waals surface area contributed by atoms with Crippen LogP contribution in [0.3, 0.4) is 0 Å². The maximum Gasteiger partial charge on any atom is 0.408 e. The van der Waals surface area contributed by atoms with Gasteiger partial charge in [-0.25, -0.2) is 4.79 Å². The number of primary amides is 1. The van der Waals surface area contributed by atoms with Crippen LogP contribution in [0.15, 0.2) is 55.1 Å². The summed E-state index contributed by atoms with van der Waals surface area (Å²) in [5.41, 5.74) is 6.47. The van der Waals surface area contributed by atoms with E-state index in [2.05, 4.69) is 17.2 Å². The standard InChI is InChI=1S/C30H38N4O6/c1-6-19-9-7-10-20(17-19)26(27(36)32-21-13-15-23(39-5)16-14-21)34(22-11-8-12-22)28(37)24(18-25(31)35)33-29(38)40-30(2,3)4/h6-7,9-10,13-17,22,24,26H,1,8,11-12,18H2,2-5H3,(H2,31,35)(H,32,36)(H,33,38). The van der Waals surface area contributed by atoms with Gasteiger partial charge in [-0.15, -0.1) is 0 Å². The van der Waals surface area contributed by atoms with Gasteiger partial charge >= 0.3 is 6.09 Å². The van der Waals surface area contributed by atoms with E-state index in [0.717, 1.165) is 12.0 Å². The average molecular weight is 551 g/mol. The first-order valence-electron chi connectivity index (χ1n) is 13.2. The van der Waals surface area contributed by atoms with Crippen molar-refractivity contribution in [1.29, 1.82) is 0 Å². The Bertz CT molecular complexity index is 1230. The van der Waals surface area contributed by atoms with Crippen molar-refractivity contribution >= 4 is 35.6 Å². The Morgan fingerprint density at radius 2 is 1.80 bits per heavy atom. The van der Waals surface area contributed by atoms with E-state index >= 15 is 0 Å². The number of anilines is 1. The van der Waals surface area contributed by atoms with Crippen LogP contribution < -0.4 is 21.1 Å². The van der Waals surface area contributed by atoms with E-state index in [1.807, 2.05) is 6.07 Å². The fraction of sp³-hybridized carbons (Fsp3) is 0.400. The van der Waals surface area contributed by atoms with E-state index in [0.29, 0.717) is 29.8 Å². The minimum atomic E-state index is -1.33. The lowest BCUT2D eigenvalue weighted by Crippen LogP contribution is -2.57. The number of nitrogens with zero attached hydrogens (tertiary/aromatic N) is 1. The molecule has 214 valence electrons. The van der Waals surface area contributed by atoms with Gasteiger partial charge in [0.15, 0.2) is 0 Å². The predicted molar refractivity (Wildman–Crippen MR) is 152 cm³/mol. The molecule has 40 heavy (non-hydrogen) atoms. The van der Waals surface area contributed by atoms with Crippen LogP contribution >= 0.6 is 0 Å². The van der Waals surface area contributed by atoms with Gasteiger partial charge in [-0.3, -0.25) is 14.4 Å². The molecule has 1 aliphatic carbocycles. The smallest absolute Gasteiger partial charge is 0.408 e. The summed E-state index contributed by atoms with van der Waals surface area (Å²) < 4.78 is 10.5. The van der Waals surface area contributed by atoms with Crippen molar-refractivity contribution in [2.24, 2.45) is 5.73 Å². The first-order chi connectivity index (χ1) is 18.9. The van der Waals surface area contributed by atoms with Crippen molar-refractivity contribution in [2.45, 2.75) is 70.2 Å². The third kappa shape index (κ3) is 8.08. The van der Waals surface area contributed by atoms with Crippen LogP contribution in [-0.2, 0) is 19.1 Å². The first kappa shape index (κ1) is 30.2. The SMILES string of the molecule is C=Cc1cccc(C(C(=O)Nc2ccc(OC)cc2)N(C(=O)C(CC(N)=O)NC(=O)OC(C)(C)C)C2CCC2)c1. The number of benzene rings is 2. The number of methoxy groups -OCH3 is 1. The Kier molecular flexibility index (Phi) is 9.93. The van der Waals surface area contributed by atoms with Crippen LogP contribution in [-0.4, -0.2) is 53.5 Å². The summed E-state index contributed by atoms with van der Waals surface area (Å²) in [5, 5.41) is 5.40. The minimum Gasteiger partial charge on any atom is -0.497 e. The Morgan fingerprint density at radius 3 is 2.33 bits per heavy atom. The Morgan fingerprint density at radius 1 is 1.12 bits per heavy atom. The van der Waals surface area contributed by atoms with E-state index in [-0.39, 0.29) is 6.04 Å². The molecule has 1 saturated carbocycles. The second kappa shape index (κ2) is 13.1. The molecule has 10 heteroatoms. The molecule has 0 aliphatic heterocycles. The zero-order chi connectivity index (χ0) is 29.4. The van der Waals surface area contributed by atoms with Gasteiger partial charge in [0.2, 0.25) is 11.8 Å². The number of hydrogen-bond donors (Lipinski definition) is 3. The van der Waals surface area contributed by atoms with Crippen molar-refractivity contribution in [3.63, 3.8) is 0 Å². The normalized spacial score (nSPS) is 14.6. The van der Waals surface area contributed by atoms with E-state index in [1.54, 1.807) is 76.4 Å². The van der Waals surface area contributed by atoms with Gasteiger partial charge in [-0.2, -0.15) is 0 Å². The maximum atomic E-state index is 14.2. The average Bonchev–Trinajstić information content (AvgIpc) is 2.85. The van der Waals surface area contributed by atoms with Crippen LogP contribution in [0.5, 0.6) is 5.75 Å². The molecule has 1 fully saturated rings. The Balaban J connectivity index is 2.04. The summed E-state index contributed by atoms with van der Waals surface area (Å²) >= 11 is 0. The minimum absolute atomic E-state index is 0.290. The van der Waals surface area contributed by atoms with Gasteiger partial charge in [0.1, 0.15) is 23.4 Å². The number of hydrogen-bond acceptors (Lipinski definition) is 6. The highest BCUT2D eigenvalue weighted by atomic mass is 16.6. The molecule has 0 bridgehead atoms. The second-order valence-corrected chi connectivity index (χ2v) is 10.7. The van der Waals surface area contributed by atoms with E-state index in [1.165, 1.54) is 4.90 Å². The van der Waals surface area contributed by atoms with E-state index < -0.39 is 47.9 Å². The highest BCUT2D eigenvalue weighted by Gasteiger charge is 2.42. The number of rotatable bonds is 11. The Hall–Kier alpha value is -4.34. The van der Waals surface area contributed by atoms with Crippen molar-refractivity contribution in [2.75, 3.05) is 12.4 Å². The molecule has 2 atom stereocenters. The third-order valence-corrected chi connectivity index (χ3v) is 6.46. The van der Waals surface area contributed by atoms with Gasteiger partial charge in [0.05, 0.1) is 13.5 Å². The highest BCUT2D eigenvalue weighted by molar-refractivity contribution is 6.00. The molecule has 2 unspecified atom stereocenters. The molecule has 4 amide bonds. The van der Waals surface area contributed by atoms with Crippen LogP contribution in [0.4, 0.5) is 10.5 Å². The topological polar surface area (TPSA) is 140 Å². The van der Waals surface area contributed by atoms with Crippen LogP contribution in [0.2, 0.25) is 0 Å². The van der Waals surface area contributed by atoms with Crippen molar-refractivity contribution in [1.82, 2.24) is 10.2 Å². The summed E-state index contributed by atoms with van der Waals surface area (Å²) in [6.07, 6.45) is 2.52. The van der Waals surface area contributed by atoms with Gasteiger partial charge in [0, 0.05) is 11.7 Å². The lowest BCUT2D eigenvalue weighted by molar-refractivity contribution is -0.146. The molecule has 0 heterocycles. The molecule has 0 spiro atoms. The van der Waals surface area contributed by atoms with Crippen molar-refractivity contribution in [3.8, 4) is 5.75 Å². The summed E-state index contributed by atoms with van der Waals surface area (Å²) in [6.45, 7) is 8.87. The zero-order valence-electron chi connectivity index (χ0n) is 23.4. The molecule has 4 N–H and O–H groups in total. The monoisotopic (exact) mass is 550 g/mol. The number of carbonyl (C=O) groups excluding carboxylic acids is 4. The molecule has 2 aromatic rings. The maximum absolute atomic E-state index is 14.2. The first-order valence-corrected chi connectivity index (χ1v) is 13.2. The van der Waals surface area contributed by atoms with Gasteiger partial charge in [-0.05, 0) is 81.5 Å². The van der Waals surface area contributed by atoms with E-state index in [4.69, 9.17) is 15.2 Å². The molecule has 0 saturated heterocycles. The third-order valence-electron chi connectivity index (χ3n) is 6.46. The van der Waals surface area contributed by atoms with Crippen LogP contribution in [0, 0.1) is 0 Å². The largest absolute Gasteiger partial charge is 0.497 e. The number of ether oxygens (including phenoxy) is 2. The summed E-state index contributed by atoms with van der Waals surface area (Å²) in [6, 6.07) is 11.3. The molecule has 3 rings (SSSR count). The van der Waals surface area contributed by atoms with Crippen molar-refractivity contribution in [3.05, 3.63) is 66.2 Å². The fourth-order valence-electron chi connectivity index (χ4n) is 4.39. The number of carbonyl (C=O) groups is 4. The summed E-state index contributed by atoms with van der Waals surface area (Å²) in [4.78, 5) is 54.2. The summed E-state index contributed by atoms with van der Waals surface area (Å²) in [7, 11) is 1.55. The lowest BCUT2D eigenvalue weighted by Gasteiger charge is -2.43. The molecule has 1 aliphatic rings. The van der Waals surface area contributed by atoms with Crippen LogP contribution in [0.25, 0.3) is 6.08 Å². The predicted octanol–water partition coefficient (Wildman–Crippen LogP) is 4.17. The van der Waals surface area contributed by atoms with Gasteiger partial charge in [-0.1, -0.05) is 30.9 Å². The lowest BCUT2D eigenvalue weighted by atomic mass is 9.87. The van der Waals surface area contributed by atoms with Crippen molar-refractivity contribution < 1.29 is 28.7 Å². The number of nitrogens with one attached hydrogen (secondary N) is 2. The molecular weight excluding hydrogens is 512 g/mol. The van der Waals surface area contributed by atoms with E-state index in [9.17, 15) is 19.2 Å². The van der Waals surface area contributed by atoms with Crippen LogP contribution in [0.1, 0.15) is 63.6 Å². The zero-order valence-corrected chi connectivity index (χ0v) is 23.4. The fourth-order valence-corrected chi connectivity index (χ4v) is 4.39. The molecule has 2 aromatic carbocycles. The molecule has 10 nitrogen and oxygen atoms in total. The second-order valence-electron chi connectivity index (χ2n) is 10.7. The van der Waals surface area contributed by atoms with Gasteiger partial charge in [0.25, 0.3) is 5.91 Å². The number of nitrogens with two attached hydrogens (primary N) is 1. The van der Waals surface area contributed by atoms with Gasteiger partial charge < -0.3 is 30.7 Å². The number of alkyl carbamates (subject to hydrolysis) is 1. The quantitative estimate of drug-likeness (QED) is 0.384. The number of amides is 4. The summed E-state index contributed by atoms with van der Waals surface area (Å²) in [5.74, 6) is -1.21. The molecule has 0 radical (unpaired) electrons. The Labute approximate surface area is 234 Å². The highest BCUT2D eigenvalue weighted by Crippen LogP contribution is 2.35. The molecular formula is C30H38N4O6.